The van der Waals surface area contributed by atoms with E-state index in [0.29, 0.717) is 24.5 Å². The van der Waals surface area contributed by atoms with Gasteiger partial charge in [-0.3, -0.25) is 4.79 Å². The minimum atomic E-state index is -0.287. The third-order valence-corrected chi connectivity index (χ3v) is 6.72. The van der Waals surface area contributed by atoms with E-state index in [4.69, 9.17) is 4.98 Å². The van der Waals surface area contributed by atoms with E-state index in [9.17, 15) is 9.18 Å². The average molecular weight is 458 g/mol. The molecule has 6 heteroatoms. The number of carbonyl (C=O) groups is 1. The molecule has 0 saturated heterocycles. The summed E-state index contributed by atoms with van der Waals surface area (Å²) >= 11 is 1.62. The molecule has 0 fully saturated rings. The Morgan fingerprint density at radius 1 is 1.12 bits per heavy atom. The molecule has 0 spiro atoms. The lowest BCUT2D eigenvalue weighted by molar-refractivity contribution is 0.0721. The molecule has 32 heavy (non-hydrogen) atoms. The van der Waals surface area contributed by atoms with E-state index in [0.717, 1.165) is 35.6 Å². The van der Waals surface area contributed by atoms with Gasteiger partial charge in [-0.15, -0.1) is 11.3 Å². The first-order chi connectivity index (χ1) is 15.4. The molecule has 4 nitrogen and oxygen atoms in total. The number of halogens is 1. The van der Waals surface area contributed by atoms with Crippen molar-refractivity contribution in [3.8, 4) is 0 Å². The Morgan fingerprint density at radius 2 is 1.94 bits per heavy atom. The minimum absolute atomic E-state index is 0.0600. The Balaban J connectivity index is 1.82. The first-order valence-corrected chi connectivity index (χ1v) is 12.8. The summed E-state index contributed by atoms with van der Waals surface area (Å²) in [5, 5.41) is 0. The number of hydrogen-bond acceptors (Lipinski definition) is 3. The largest absolute Gasteiger partial charge is 0.330 e. The van der Waals surface area contributed by atoms with Gasteiger partial charge in [-0.25, -0.2) is 9.37 Å². The highest BCUT2D eigenvalue weighted by molar-refractivity contribution is 7.14. The third kappa shape index (κ3) is 6.18. The number of benzene rings is 1. The fourth-order valence-electron chi connectivity index (χ4n) is 4.09. The molecule has 1 amide bonds. The molecule has 0 aliphatic carbocycles. The van der Waals surface area contributed by atoms with Crippen molar-refractivity contribution in [2.24, 2.45) is 5.92 Å². The van der Waals surface area contributed by atoms with Gasteiger partial charge in [-0.2, -0.15) is 0 Å². The highest BCUT2D eigenvalue weighted by Gasteiger charge is 2.22. The van der Waals surface area contributed by atoms with Crippen molar-refractivity contribution in [3.05, 3.63) is 51.7 Å². The van der Waals surface area contributed by atoms with Crippen LogP contribution in [0.4, 0.5) is 4.39 Å². The summed E-state index contributed by atoms with van der Waals surface area (Å²) in [6, 6.07) is 8.82. The van der Waals surface area contributed by atoms with Crippen LogP contribution in [0.3, 0.4) is 0 Å². The number of thiophene rings is 1. The Bertz CT molecular complexity index is 1020. The molecule has 0 N–H and O–H groups in total. The molecule has 0 aliphatic rings. The van der Waals surface area contributed by atoms with Crippen LogP contribution in [0.5, 0.6) is 0 Å². The Kier molecular flexibility index (Phi) is 8.85. The number of rotatable bonds is 12. The van der Waals surface area contributed by atoms with Gasteiger partial charge in [-0.1, -0.05) is 47.0 Å². The van der Waals surface area contributed by atoms with Gasteiger partial charge in [-0.05, 0) is 49.4 Å². The zero-order valence-corrected chi connectivity index (χ0v) is 20.7. The number of imidazole rings is 1. The number of carbonyl (C=O) groups excluding carboxylic acids is 1. The highest BCUT2D eigenvalue weighted by Crippen LogP contribution is 2.24. The van der Waals surface area contributed by atoms with Gasteiger partial charge >= 0.3 is 0 Å². The van der Waals surface area contributed by atoms with E-state index in [1.54, 1.807) is 17.4 Å². The summed E-state index contributed by atoms with van der Waals surface area (Å²) in [6.45, 7) is 10.5. The van der Waals surface area contributed by atoms with Crippen LogP contribution >= 0.6 is 11.3 Å². The van der Waals surface area contributed by atoms with Crippen LogP contribution in [-0.4, -0.2) is 26.9 Å². The van der Waals surface area contributed by atoms with Gasteiger partial charge in [0.25, 0.3) is 5.91 Å². The topological polar surface area (TPSA) is 38.1 Å². The molecule has 2 aromatic heterocycles. The van der Waals surface area contributed by atoms with E-state index >= 15 is 0 Å². The molecule has 0 unspecified atom stereocenters. The zero-order valence-electron chi connectivity index (χ0n) is 19.9. The van der Waals surface area contributed by atoms with Crippen LogP contribution < -0.4 is 0 Å². The Hall–Kier alpha value is -2.21. The van der Waals surface area contributed by atoms with E-state index in [1.165, 1.54) is 42.7 Å². The molecular weight excluding hydrogens is 421 g/mol. The predicted molar refractivity (Wildman–Crippen MR) is 132 cm³/mol. The fraction of sp³-hybridized carbons (Fsp3) is 0.538. The molecule has 174 valence electrons. The summed E-state index contributed by atoms with van der Waals surface area (Å²) in [5.74, 6) is 0.932. The fourth-order valence-corrected chi connectivity index (χ4v) is 5.10. The van der Waals surface area contributed by atoms with E-state index < -0.39 is 0 Å². The molecule has 1 aromatic carbocycles. The number of nitrogens with zero attached hydrogens (tertiary/aromatic N) is 3. The van der Waals surface area contributed by atoms with Gasteiger partial charge in [0.2, 0.25) is 0 Å². The molecule has 0 bridgehead atoms. The molecule has 3 rings (SSSR count). The standard InChI is InChI=1S/C26H36FN3OS/c1-5-7-8-9-10-21-12-14-24(32-21)26(31)29(17-19(3)4)18-25-28-22-16-20(27)11-13-23(22)30(25)15-6-2/h11-14,16,19H,5-10,15,17-18H2,1-4H3. The van der Waals surface area contributed by atoms with Crippen molar-refractivity contribution < 1.29 is 9.18 Å². The van der Waals surface area contributed by atoms with Crippen molar-refractivity contribution in [2.75, 3.05) is 6.54 Å². The maximum atomic E-state index is 13.8. The maximum Gasteiger partial charge on any atom is 0.264 e. The van der Waals surface area contributed by atoms with Crippen LogP contribution in [0.15, 0.2) is 30.3 Å². The Labute approximate surface area is 195 Å². The number of fused-ring (bicyclic) bond motifs is 1. The first kappa shape index (κ1) is 24.4. The highest BCUT2D eigenvalue weighted by atomic mass is 32.1. The summed E-state index contributed by atoms with van der Waals surface area (Å²) in [6.07, 6.45) is 6.90. The average Bonchev–Trinajstić information content (AvgIpc) is 3.35. The van der Waals surface area contributed by atoms with Crippen molar-refractivity contribution in [2.45, 2.75) is 79.3 Å². The number of hydrogen-bond donors (Lipinski definition) is 0. The lowest BCUT2D eigenvalue weighted by atomic mass is 10.1. The van der Waals surface area contributed by atoms with Crippen LogP contribution in [0.1, 0.15) is 80.2 Å². The monoisotopic (exact) mass is 457 g/mol. The molecule has 0 atom stereocenters. The van der Waals surface area contributed by atoms with Crippen LogP contribution in [0, 0.1) is 11.7 Å². The quantitative estimate of drug-likeness (QED) is 0.273. The SMILES string of the molecule is CCCCCCc1ccc(C(=O)N(Cc2nc3cc(F)ccc3n2CCC)CC(C)C)s1. The second kappa shape index (κ2) is 11.6. The van der Waals surface area contributed by atoms with Crippen molar-refractivity contribution >= 4 is 28.3 Å². The van der Waals surface area contributed by atoms with Gasteiger partial charge in [0.15, 0.2) is 0 Å². The van der Waals surface area contributed by atoms with Crippen molar-refractivity contribution in [1.29, 1.82) is 0 Å². The van der Waals surface area contributed by atoms with Crippen LogP contribution in [0.2, 0.25) is 0 Å². The molecule has 0 radical (unpaired) electrons. The van der Waals surface area contributed by atoms with Gasteiger partial charge < -0.3 is 9.47 Å². The zero-order chi connectivity index (χ0) is 23.1. The number of unbranched alkanes of at least 4 members (excludes halogenated alkanes) is 3. The van der Waals surface area contributed by atoms with Crippen LogP contribution in [0.25, 0.3) is 11.0 Å². The van der Waals surface area contributed by atoms with Gasteiger partial charge in [0, 0.05) is 24.0 Å². The van der Waals surface area contributed by atoms with E-state index in [2.05, 4.69) is 38.3 Å². The molecular formula is C26H36FN3OS. The first-order valence-electron chi connectivity index (χ1n) is 12.0. The summed E-state index contributed by atoms with van der Waals surface area (Å²) < 4.78 is 15.9. The number of aryl methyl sites for hydroxylation is 2. The third-order valence-electron chi connectivity index (χ3n) is 5.59. The molecule has 2 heterocycles. The van der Waals surface area contributed by atoms with E-state index in [-0.39, 0.29) is 11.7 Å². The summed E-state index contributed by atoms with van der Waals surface area (Å²) in [5.41, 5.74) is 1.57. The normalized spacial score (nSPS) is 11.6. The molecule has 0 aliphatic heterocycles. The number of amides is 1. The van der Waals surface area contributed by atoms with Crippen LogP contribution in [-0.2, 0) is 19.5 Å². The lowest BCUT2D eigenvalue weighted by Crippen LogP contribution is -2.34. The number of aromatic nitrogens is 2. The smallest absolute Gasteiger partial charge is 0.264 e. The Morgan fingerprint density at radius 3 is 2.66 bits per heavy atom. The van der Waals surface area contributed by atoms with Gasteiger partial charge in [0.1, 0.15) is 11.6 Å². The van der Waals surface area contributed by atoms with Gasteiger partial charge in [0.05, 0.1) is 22.5 Å². The molecule has 0 saturated carbocycles. The van der Waals surface area contributed by atoms with Crippen molar-refractivity contribution in [3.63, 3.8) is 0 Å². The maximum absolute atomic E-state index is 13.8. The second-order valence-corrected chi connectivity index (χ2v) is 10.1. The predicted octanol–water partition coefficient (Wildman–Crippen LogP) is 7.07. The summed E-state index contributed by atoms with van der Waals surface area (Å²) in [4.78, 5) is 22.1. The minimum Gasteiger partial charge on any atom is -0.330 e. The summed E-state index contributed by atoms with van der Waals surface area (Å²) in [7, 11) is 0. The van der Waals surface area contributed by atoms with Crippen molar-refractivity contribution in [1.82, 2.24) is 14.5 Å². The lowest BCUT2D eigenvalue weighted by Gasteiger charge is -2.24. The second-order valence-electron chi connectivity index (χ2n) is 8.97. The molecule has 3 aromatic rings. The van der Waals surface area contributed by atoms with E-state index in [1.807, 2.05) is 11.0 Å².